The molecule has 17 heavy (non-hydrogen) atoms. The van der Waals surface area contributed by atoms with E-state index in [0.29, 0.717) is 22.7 Å². The van der Waals surface area contributed by atoms with Gasteiger partial charge in [-0.1, -0.05) is 13.8 Å². The van der Waals surface area contributed by atoms with Gasteiger partial charge in [0, 0.05) is 18.0 Å². The van der Waals surface area contributed by atoms with E-state index in [9.17, 15) is 4.79 Å². The Morgan fingerprint density at radius 1 is 1.53 bits per heavy atom. The van der Waals surface area contributed by atoms with Crippen LogP contribution in [0.3, 0.4) is 0 Å². The van der Waals surface area contributed by atoms with Crippen LogP contribution in [0.25, 0.3) is 0 Å². The van der Waals surface area contributed by atoms with Gasteiger partial charge in [-0.15, -0.1) is 11.3 Å². The summed E-state index contributed by atoms with van der Waals surface area (Å²) in [5.41, 5.74) is 6.06. The van der Waals surface area contributed by atoms with Crippen molar-refractivity contribution in [3.63, 3.8) is 0 Å². The topological polar surface area (TPSA) is 59.2 Å². The van der Waals surface area contributed by atoms with Crippen LogP contribution in [0.4, 0.5) is 5.13 Å². The summed E-state index contributed by atoms with van der Waals surface area (Å²) in [4.78, 5) is 18.3. The predicted molar refractivity (Wildman–Crippen MR) is 70.0 cm³/mol. The average molecular weight is 253 g/mol. The van der Waals surface area contributed by atoms with Crippen LogP contribution in [0, 0.1) is 11.8 Å². The number of amides is 1. The molecule has 2 N–H and O–H groups in total. The molecule has 94 valence electrons. The van der Waals surface area contributed by atoms with Crippen molar-refractivity contribution in [2.75, 3.05) is 12.3 Å². The Kier molecular flexibility index (Phi) is 3.38. The van der Waals surface area contributed by atoms with Gasteiger partial charge >= 0.3 is 0 Å². The minimum atomic E-state index is 0.0175. The van der Waals surface area contributed by atoms with Gasteiger partial charge in [0.2, 0.25) is 0 Å². The van der Waals surface area contributed by atoms with Crippen molar-refractivity contribution in [3.05, 3.63) is 11.1 Å². The Balaban J connectivity index is 2.18. The Hall–Kier alpha value is -1.10. The summed E-state index contributed by atoms with van der Waals surface area (Å²) in [6.07, 6.45) is 1.18. The highest BCUT2D eigenvalue weighted by Gasteiger charge is 2.33. The zero-order valence-corrected chi connectivity index (χ0v) is 11.3. The van der Waals surface area contributed by atoms with Gasteiger partial charge in [0.15, 0.2) is 5.13 Å². The fourth-order valence-electron chi connectivity index (χ4n) is 2.52. The molecule has 3 atom stereocenters. The number of likely N-dealkylation sites (tertiary alicyclic amines) is 1. The van der Waals surface area contributed by atoms with Crippen LogP contribution >= 0.6 is 11.3 Å². The van der Waals surface area contributed by atoms with Gasteiger partial charge in [0.25, 0.3) is 5.91 Å². The Morgan fingerprint density at radius 3 is 2.82 bits per heavy atom. The second-order valence-electron chi connectivity index (χ2n) is 5.09. The lowest BCUT2D eigenvalue weighted by molar-refractivity contribution is 0.0451. The molecule has 2 rings (SSSR count). The highest BCUT2D eigenvalue weighted by Crippen LogP contribution is 2.28. The van der Waals surface area contributed by atoms with E-state index >= 15 is 0 Å². The molecule has 0 spiro atoms. The lowest BCUT2D eigenvalue weighted by Crippen LogP contribution is -2.48. The third kappa shape index (κ3) is 2.44. The number of piperidine rings is 1. The largest absolute Gasteiger partial charge is 0.375 e. The van der Waals surface area contributed by atoms with Crippen LogP contribution in [-0.4, -0.2) is 28.4 Å². The molecule has 1 fully saturated rings. The smallest absolute Gasteiger partial charge is 0.273 e. The molecule has 5 heteroatoms. The van der Waals surface area contributed by atoms with Gasteiger partial charge in [-0.25, -0.2) is 4.98 Å². The minimum absolute atomic E-state index is 0.0175. The van der Waals surface area contributed by atoms with E-state index in [4.69, 9.17) is 5.73 Å². The van der Waals surface area contributed by atoms with E-state index in [2.05, 4.69) is 25.8 Å². The molecule has 0 aliphatic carbocycles. The molecule has 1 aromatic heterocycles. The second kappa shape index (κ2) is 4.64. The van der Waals surface area contributed by atoms with Crippen LogP contribution in [-0.2, 0) is 0 Å². The fraction of sp³-hybridized carbons (Fsp3) is 0.667. The van der Waals surface area contributed by atoms with E-state index in [-0.39, 0.29) is 11.9 Å². The number of carbonyl (C=O) groups excluding carboxylic acids is 1. The first-order chi connectivity index (χ1) is 7.99. The first kappa shape index (κ1) is 12.4. The van der Waals surface area contributed by atoms with Gasteiger partial charge in [0.05, 0.1) is 0 Å². The molecule has 1 aliphatic rings. The number of carbonyl (C=O) groups is 1. The van der Waals surface area contributed by atoms with Crippen LogP contribution in [0.1, 0.15) is 37.7 Å². The van der Waals surface area contributed by atoms with Crippen LogP contribution < -0.4 is 5.73 Å². The monoisotopic (exact) mass is 253 g/mol. The number of nitrogens with zero attached hydrogens (tertiary/aromatic N) is 2. The van der Waals surface area contributed by atoms with Crippen molar-refractivity contribution >= 4 is 22.4 Å². The maximum atomic E-state index is 12.3. The maximum absolute atomic E-state index is 12.3. The van der Waals surface area contributed by atoms with Gasteiger partial charge in [0.1, 0.15) is 5.69 Å². The highest BCUT2D eigenvalue weighted by molar-refractivity contribution is 7.13. The standard InChI is InChI=1S/C12H19N3OS/c1-7-4-8(2)9(3)15(5-7)11(16)10-6-17-12(13)14-10/h6-9H,4-5H2,1-3H3,(H2,13,14). The normalized spacial score (nSPS) is 29.4. The van der Waals surface area contributed by atoms with Gasteiger partial charge in [-0.2, -0.15) is 0 Å². The van der Waals surface area contributed by atoms with E-state index in [1.165, 1.54) is 17.8 Å². The SMILES string of the molecule is CC1CC(C)C(C)N(C(=O)c2csc(N)n2)C1. The van der Waals surface area contributed by atoms with Crippen molar-refractivity contribution in [1.29, 1.82) is 0 Å². The molecule has 1 aromatic rings. The van der Waals surface area contributed by atoms with Crippen LogP contribution in [0.15, 0.2) is 5.38 Å². The predicted octanol–water partition coefficient (Wildman–Crippen LogP) is 2.23. The molecule has 0 saturated carbocycles. The summed E-state index contributed by atoms with van der Waals surface area (Å²) in [7, 11) is 0. The highest BCUT2D eigenvalue weighted by atomic mass is 32.1. The van der Waals surface area contributed by atoms with Gasteiger partial charge in [-0.3, -0.25) is 4.79 Å². The zero-order valence-electron chi connectivity index (χ0n) is 10.5. The first-order valence-electron chi connectivity index (χ1n) is 6.01. The summed E-state index contributed by atoms with van der Waals surface area (Å²) in [5.74, 6) is 1.11. The van der Waals surface area contributed by atoms with Crippen LogP contribution in [0.5, 0.6) is 0 Å². The fourth-order valence-corrected chi connectivity index (χ4v) is 3.05. The Labute approximate surface area is 106 Å². The third-order valence-electron chi connectivity index (χ3n) is 3.60. The summed E-state index contributed by atoms with van der Waals surface area (Å²) < 4.78 is 0. The number of nitrogen functional groups attached to an aromatic ring is 1. The minimum Gasteiger partial charge on any atom is -0.375 e. The summed E-state index contributed by atoms with van der Waals surface area (Å²) in [5, 5.41) is 2.20. The van der Waals surface area contributed by atoms with Crippen molar-refractivity contribution in [3.8, 4) is 0 Å². The Bertz CT molecular complexity index is 418. The lowest BCUT2D eigenvalue weighted by Gasteiger charge is -2.40. The van der Waals surface area contributed by atoms with Crippen molar-refractivity contribution < 1.29 is 4.79 Å². The molecule has 0 radical (unpaired) electrons. The van der Waals surface area contributed by atoms with Crippen molar-refractivity contribution in [2.24, 2.45) is 11.8 Å². The van der Waals surface area contributed by atoms with Crippen molar-refractivity contribution in [1.82, 2.24) is 9.88 Å². The number of anilines is 1. The maximum Gasteiger partial charge on any atom is 0.273 e. The molecular formula is C12H19N3OS. The zero-order chi connectivity index (χ0) is 12.6. The lowest BCUT2D eigenvalue weighted by atomic mass is 9.86. The molecule has 3 unspecified atom stereocenters. The van der Waals surface area contributed by atoms with E-state index in [1.54, 1.807) is 5.38 Å². The second-order valence-corrected chi connectivity index (χ2v) is 5.98. The number of rotatable bonds is 1. The van der Waals surface area contributed by atoms with E-state index < -0.39 is 0 Å². The van der Waals surface area contributed by atoms with Gasteiger partial charge in [-0.05, 0) is 25.2 Å². The number of hydrogen-bond acceptors (Lipinski definition) is 4. The van der Waals surface area contributed by atoms with Crippen LogP contribution in [0.2, 0.25) is 0 Å². The molecule has 4 nitrogen and oxygen atoms in total. The van der Waals surface area contributed by atoms with E-state index in [0.717, 1.165) is 6.54 Å². The Morgan fingerprint density at radius 2 is 2.24 bits per heavy atom. The third-order valence-corrected chi connectivity index (χ3v) is 4.27. The van der Waals surface area contributed by atoms with E-state index in [1.807, 2.05) is 4.90 Å². The summed E-state index contributed by atoms with van der Waals surface area (Å²) in [6, 6.07) is 0.279. The van der Waals surface area contributed by atoms with Crippen molar-refractivity contribution in [2.45, 2.75) is 33.2 Å². The summed E-state index contributed by atoms with van der Waals surface area (Å²) >= 11 is 1.32. The molecule has 1 amide bonds. The average Bonchev–Trinajstić information content (AvgIpc) is 2.69. The molecule has 1 saturated heterocycles. The first-order valence-corrected chi connectivity index (χ1v) is 6.89. The number of hydrogen-bond donors (Lipinski definition) is 1. The summed E-state index contributed by atoms with van der Waals surface area (Å²) in [6.45, 7) is 7.33. The number of thiazole rings is 1. The molecular weight excluding hydrogens is 234 g/mol. The van der Waals surface area contributed by atoms with Gasteiger partial charge < -0.3 is 10.6 Å². The molecule has 0 aromatic carbocycles. The molecule has 2 heterocycles. The molecule has 1 aliphatic heterocycles. The number of nitrogens with two attached hydrogens (primary N) is 1. The molecule has 0 bridgehead atoms. The quantitative estimate of drug-likeness (QED) is 0.835. The number of aromatic nitrogens is 1.